The van der Waals surface area contributed by atoms with Crippen LogP contribution >= 0.6 is 0 Å². The van der Waals surface area contributed by atoms with Crippen LogP contribution in [0.25, 0.3) is 0 Å². The molecule has 2 N–H and O–H groups in total. The van der Waals surface area contributed by atoms with Gasteiger partial charge in [0.25, 0.3) is 0 Å². The first-order chi connectivity index (χ1) is 4.31. The molecule has 0 rings (SSSR count). The summed E-state index contributed by atoms with van der Waals surface area (Å²) >= 11 is 0. The van der Waals surface area contributed by atoms with E-state index in [-0.39, 0.29) is 0 Å². The van der Waals surface area contributed by atoms with Gasteiger partial charge in [-0.15, -0.1) is 6.58 Å². The lowest BCUT2D eigenvalue weighted by molar-refractivity contribution is -0.108. The molecule has 0 saturated heterocycles. The zero-order valence-corrected chi connectivity index (χ0v) is 4.89. The van der Waals surface area contributed by atoms with Crippen molar-refractivity contribution in [1.29, 1.82) is 0 Å². The highest BCUT2D eigenvalue weighted by Crippen LogP contribution is 1.61. The second-order valence-electron chi connectivity index (χ2n) is 1.26. The van der Waals surface area contributed by atoms with Gasteiger partial charge < -0.3 is 5.32 Å². The maximum atomic E-state index is 10.3. The summed E-state index contributed by atoms with van der Waals surface area (Å²) in [4.78, 5) is 19.9. The molecule has 4 heteroatoms. The van der Waals surface area contributed by atoms with Gasteiger partial charge in [-0.2, -0.15) is 0 Å². The minimum absolute atomic E-state index is 0.318. The Balaban J connectivity index is 3.26. The summed E-state index contributed by atoms with van der Waals surface area (Å²) in [7, 11) is 0. The molecule has 0 radical (unpaired) electrons. The van der Waals surface area contributed by atoms with Gasteiger partial charge in [-0.1, -0.05) is 6.08 Å². The molecule has 0 saturated carbocycles. The lowest BCUT2D eigenvalue weighted by Gasteiger charge is -1.96. The van der Waals surface area contributed by atoms with Crippen molar-refractivity contribution < 1.29 is 9.59 Å². The lowest BCUT2D eigenvalue weighted by Crippen LogP contribution is -2.34. The molecule has 0 aliphatic carbocycles. The molecule has 0 spiro atoms. The fourth-order valence-electron chi connectivity index (χ4n) is 0.269. The molecular formula is C5H8N2O2. The van der Waals surface area contributed by atoms with E-state index in [0.717, 1.165) is 0 Å². The van der Waals surface area contributed by atoms with E-state index in [1.54, 1.807) is 0 Å². The third-order valence-corrected chi connectivity index (χ3v) is 0.597. The molecule has 0 atom stereocenters. The van der Waals surface area contributed by atoms with E-state index in [9.17, 15) is 9.59 Å². The Labute approximate surface area is 52.9 Å². The van der Waals surface area contributed by atoms with E-state index in [2.05, 4.69) is 11.9 Å². The van der Waals surface area contributed by atoms with Gasteiger partial charge in [0.05, 0.1) is 0 Å². The molecular weight excluding hydrogens is 120 g/mol. The fraction of sp³-hybridized carbons (Fsp3) is 0.200. The van der Waals surface area contributed by atoms with Crippen LogP contribution in [0.3, 0.4) is 0 Å². The standard InChI is InChI=1S/C5H8N2O2/c1-2-3-6-5(9)7-4-8/h2,4H,1,3H2,(H2,6,7,8,9). The van der Waals surface area contributed by atoms with Crippen molar-refractivity contribution in [3.63, 3.8) is 0 Å². The minimum atomic E-state index is -0.509. The first-order valence-electron chi connectivity index (χ1n) is 2.40. The number of rotatable bonds is 3. The second-order valence-corrected chi connectivity index (χ2v) is 1.26. The molecule has 0 fully saturated rings. The fourth-order valence-corrected chi connectivity index (χ4v) is 0.269. The first-order valence-corrected chi connectivity index (χ1v) is 2.40. The van der Waals surface area contributed by atoms with E-state index in [0.29, 0.717) is 13.0 Å². The van der Waals surface area contributed by atoms with Crippen LogP contribution < -0.4 is 10.6 Å². The lowest BCUT2D eigenvalue weighted by atomic mass is 10.6. The molecule has 4 nitrogen and oxygen atoms in total. The van der Waals surface area contributed by atoms with Gasteiger partial charge in [-0.05, 0) is 0 Å². The Hall–Kier alpha value is -1.32. The van der Waals surface area contributed by atoms with E-state index in [1.165, 1.54) is 6.08 Å². The van der Waals surface area contributed by atoms with Crippen LogP contribution in [-0.4, -0.2) is 19.0 Å². The molecule has 0 aromatic carbocycles. The van der Waals surface area contributed by atoms with E-state index in [1.807, 2.05) is 5.32 Å². The summed E-state index contributed by atoms with van der Waals surface area (Å²) < 4.78 is 0. The summed E-state index contributed by atoms with van der Waals surface area (Å²) in [6.45, 7) is 3.72. The third-order valence-electron chi connectivity index (χ3n) is 0.597. The first kappa shape index (κ1) is 7.68. The summed E-state index contributed by atoms with van der Waals surface area (Å²) in [5.41, 5.74) is 0. The summed E-state index contributed by atoms with van der Waals surface area (Å²) in [5, 5.41) is 4.24. The average Bonchev–Trinajstić information content (AvgIpc) is 1.85. The van der Waals surface area contributed by atoms with Crippen molar-refractivity contribution in [3.05, 3.63) is 12.7 Å². The Morgan fingerprint density at radius 2 is 2.33 bits per heavy atom. The van der Waals surface area contributed by atoms with Crippen LogP contribution in [0.2, 0.25) is 0 Å². The van der Waals surface area contributed by atoms with Crippen LogP contribution in [0.15, 0.2) is 12.7 Å². The van der Waals surface area contributed by atoms with Crippen molar-refractivity contribution in [3.8, 4) is 0 Å². The quantitative estimate of drug-likeness (QED) is 0.402. The van der Waals surface area contributed by atoms with Gasteiger partial charge in [0.2, 0.25) is 6.41 Å². The highest BCUT2D eigenvalue weighted by Gasteiger charge is 1.91. The normalized spacial score (nSPS) is 7.56. The maximum Gasteiger partial charge on any atom is 0.321 e. The van der Waals surface area contributed by atoms with Crippen molar-refractivity contribution in [2.45, 2.75) is 0 Å². The summed E-state index contributed by atoms with van der Waals surface area (Å²) in [6, 6.07) is -0.509. The van der Waals surface area contributed by atoms with Gasteiger partial charge in [0.15, 0.2) is 0 Å². The van der Waals surface area contributed by atoms with Crippen molar-refractivity contribution in [2.24, 2.45) is 0 Å². The Morgan fingerprint density at radius 3 is 2.78 bits per heavy atom. The van der Waals surface area contributed by atoms with Crippen LogP contribution in [0.4, 0.5) is 4.79 Å². The van der Waals surface area contributed by atoms with Crippen molar-refractivity contribution in [2.75, 3.05) is 6.54 Å². The van der Waals surface area contributed by atoms with Crippen LogP contribution in [-0.2, 0) is 4.79 Å². The summed E-state index contributed by atoms with van der Waals surface area (Å²) in [5.74, 6) is 0. The van der Waals surface area contributed by atoms with Crippen LogP contribution in [0, 0.1) is 0 Å². The molecule has 9 heavy (non-hydrogen) atoms. The zero-order chi connectivity index (χ0) is 7.11. The zero-order valence-electron chi connectivity index (χ0n) is 4.89. The SMILES string of the molecule is C=CCNC(=O)NC=O. The van der Waals surface area contributed by atoms with Gasteiger partial charge >= 0.3 is 6.03 Å². The Morgan fingerprint density at radius 1 is 1.67 bits per heavy atom. The van der Waals surface area contributed by atoms with Crippen LogP contribution in [0.1, 0.15) is 0 Å². The van der Waals surface area contributed by atoms with Gasteiger partial charge in [0, 0.05) is 6.54 Å². The number of nitrogens with one attached hydrogen (secondary N) is 2. The predicted molar refractivity (Wildman–Crippen MR) is 32.8 cm³/mol. The number of amides is 3. The number of imide groups is 1. The maximum absolute atomic E-state index is 10.3. The molecule has 0 aromatic rings. The van der Waals surface area contributed by atoms with Crippen molar-refractivity contribution in [1.82, 2.24) is 10.6 Å². The topological polar surface area (TPSA) is 58.2 Å². The van der Waals surface area contributed by atoms with E-state index >= 15 is 0 Å². The minimum Gasteiger partial charge on any atom is -0.334 e. The second kappa shape index (κ2) is 4.83. The van der Waals surface area contributed by atoms with Crippen LogP contribution in [0.5, 0.6) is 0 Å². The molecule has 0 aliphatic rings. The molecule has 0 aliphatic heterocycles. The predicted octanol–water partition coefficient (Wildman–Crippen LogP) is -0.372. The largest absolute Gasteiger partial charge is 0.334 e. The van der Waals surface area contributed by atoms with Gasteiger partial charge in [-0.25, -0.2) is 4.79 Å². The van der Waals surface area contributed by atoms with Gasteiger partial charge in [-0.3, -0.25) is 10.1 Å². The third kappa shape index (κ3) is 4.53. The number of hydrogen-bond acceptors (Lipinski definition) is 2. The average molecular weight is 128 g/mol. The van der Waals surface area contributed by atoms with E-state index < -0.39 is 6.03 Å². The number of urea groups is 1. The molecule has 3 amide bonds. The smallest absolute Gasteiger partial charge is 0.321 e. The Bertz CT molecular complexity index is 122. The number of carbonyl (C=O) groups excluding carboxylic acids is 2. The monoisotopic (exact) mass is 128 g/mol. The molecule has 0 unspecified atom stereocenters. The molecule has 0 heterocycles. The highest BCUT2D eigenvalue weighted by atomic mass is 16.2. The molecule has 0 bridgehead atoms. The molecule has 50 valence electrons. The number of hydrogen-bond donors (Lipinski definition) is 2. The van der Waals surface area contributed by atoms with Crippen molar-refractivity contribution >= 4 is 12.4 Å². The van der Waals surface area contributed by atoms with E-state index in [4.69, 9.17) is 0 Å². The van der Waals surface area contributed by atoms with Gasteiger partial charge in [0.1, 0.15) is 0 Å². The summed E-state index contributed by atoms with van der Waals surface area (Å²) in [6.07, 6.45) is 1.84. The number of carbonyl (C=O) groups is 2. The molecule has 0 aromatic heterocycles. The Kier molecular flexibility index (Phi) is 4.12. The highest BCUT2D eigenvalue weighted by molar-refractivity contribution is 5.84.